The Morgan fingerprint density at radius 3 is 2.53 bits per heavy atom. The van der Waals surface area contributed by atoms with Gasteiger partial charge in [0.15, 0.2) is 0 Å². The fourth-order valence-electron chi connectivity index (χ4n) is 8.70. The first-order chi connectivity index (χ1) is 14.9. The third-order valence-corrected chi connectivity index (χ3v) is 10.2. The number of piperidine rings is 2. The minimum absolute atomic E-state index is 0.0472. The van der Waals surface area contributed by atoms with Crippen molar-refractivity contribution < 1.29 is 9.59 Å². The van der Waals surface area contributed by atoms with Gasteiger partial charge >= 0.3 is 6.03 Å². The monoisotopic (exact) mass is 445 g/mol. The van der Waals surface area contributed by atoms with Crippen LogP contribution in [-0.4, -0.2) is 46.9 Å². The van der Waals surface area contributed by atoms with E-state index in [4.69, 9.17) is 0 Å². The van der Waals surface area contributed by atoms with Crippen molar-refractivity contribution >= 4 is 11.8 Å². The number of amides is 2. The SMILES string of the molecule is CC(CNC(=O)NC(C)(C)C)[C@H]1CC[C@H]2[C@@H]3CCN4C(C)C(=O)CC[C@]4(C)[C@H]3CC[C@]12C. The fraction of sp³-hybridized carbons (Fsp3) is 0.926. The lowest BCUT2D eigenvalue weighted by molar-refractivity contribution is -0.154. The number of hydrogen-bond donors (Lipinski definition) is 2. The van der Waals surface area contributed by atoms with Crippen LogP contribution in [0.3, 0.4) is 0 Å². The Hall–Kier alpha value is -1.10. The van der Waals surface area contributed by atoms with Crippen molar-refractivity contribution in [2.24, 2.45) is 35.0 Å². The molecule has 2 unspecified atom stereocenters. The zero-order valence-corrected chi connectivity index (χ0v) is 21.6. The number of Topliss-reactive ketones (excluding diaryl/α,β-unsaturated/α-hetero) is 1. The number of carbonyl (C=O) groups excluding carboxylic acids is 2. The highest BCUT2D eigenvalue weighted by Crippen LogP contribution is 2.64. The average molecular weight is 446 g/mol. The predicted molar refractivity (Wildman–Crippen MR) is 129 cm³/mol. The number of ketones is 1. The fourth-order valence-corrected chi connectivity index (χ4v) is 8.70. The van der Waals surface area contributed by atoms with E-state index in [-0.39, 0.29) is 23.2 Å². The van der Waals surface area contributed by atoms with Crippen molar-refractivity contribution in [3.05, 3.63) is 0 Å². The largest absolute Gasteiger partial charge is 0.338 e. The van der Waals surface area contributed by atoms with Gasteiger partial charge in [0.05, 0.1) is 6.04 Å². The summed E-state index contributed by atoms with van der Waals surface area (Å²) in [6.45, 7) is 17.4. The van der Waals surface area contributed by atoms with Crippen molar-refractivity contribution in [1.29, 1.82) is 0 Å². The predicted octanol–water partition coefficient (Wildman–Crippen LogP) is 4.99. The molecule has 2 amide bonds. The first kappa shape index (κ1) is 24.0. The van der Waals surface area contributed by atoms with Crippen molar-refractivity contribution in [3.63, 3.8) is 0 Å². The van der Waals surface area contributed by atoms with E-state index in [1.54, 1.807) is 0 Å². The van der Waals surface area contributed by atoms with Crippen molar-refractivity contribution in [3.8, 4) is 0 Å². The second-order valence-electron chi connectivity index (χ2n) is 13.1. The molecule has 0 radical (unpaired) electrons. The lowest BCUT2D eigenvalue weighted by atomic mass is 9.50. The number of hydrogen-bond acceptors (Lipinski definition) is 3. The van der Waals surface area contributed by atoms with Gasteiger partial charge in [0.25, 0.3) is 0 Å². The van der Waals surface area contributed by atoms with Gasteiger partial charge in [0.2, 0.25) is 0 Å². The number of rotatable bonds is 3. The van der Waals surface area contributed by atoms with Gasteiger partial charge in [0.1, 0.15) is 5.78 Å². The van der Waals surface area contributed by atoms with Gasteiger partial charge in [-0.05, 0) is 115 Å². The van der Waals surface area contributed by atoms with Gasteiger partial charge < -0.3 is 10.6 Å². The van der Waals surface area contributed by atoms with E-state index in [0.29, 0.717) is 23.0 Å². The summed E-state index contributed by atoms with van der Waals surface area (Å²) in [5.74, 6) is 3.94. The maximum Gasteiger partial charge on any atom is 0.315 e. The Kier molecular flexibility index (Phi) is 6.22. The van der Waals surface area contributed by atoms with Crippen LogP contribution in [-0.2, 0) is 4.79 Å². The quantitative estimate of drug-likeness (QED) is 0.643. The minimum Gasteiger partial charge on any atom is -0.338 e. The Bertz CT molecular complexity index is 746. The molecule has 5 heteroatoms. The van der Waals surface area contributed by atoms with E-state index in [2.05, 4.69) is 43.2 Å². The average Bonchev–Trinajstić information content (AvgIpc) is 3.05. The molecule has 0 aromatic carbocycles. The Balaban J connectivity index is 1.44. The number of nitrogens with zero attached hydrogens (tertiary/aromatic N) is 1. The second-order valence-corrected chi connectivity index (χ2v) is 13.1. The zero-order valence-electron chi connectivity index (χ0n) is 21.6. The topological polar surface area (TPSA) is 61.4 Å². The molecule has 4 fully saturated rings. The van der Waals surface area contributed by atoms with Crippen LogP contribution < -0.4 is 10.6 Å². The summed E-state index contributed by atoms with van der Waals surface area (Å²) in [4.78, 5) is 27.3. The molecule has 182 valence electrons. The maximum atomic E-state index is 12.4. The smallest absolute Gasteiger partial charge is 0.315 e. The molecule has 2 aliphatic carbocycles. The molecule has 32 heavy (non-hydrogen) atoms. The van der Waals surface area contributed by atoms with Crippen LogP contribution in [0.4, 0.5) is 4.79 Å². The summed E-state index contributed by atoms with van der Waals surface area (Å²) in [6, 6.07) is 0.0544. The molecule has 2 saturated heterocycles. The molecule has 0 aromatic heterocycles. The molecular formula is C27H47N3O2. The van der Waals surface area contributed by atoms with Crippen LogP contribution in [0.25, 0.3) is 0 Å². The van der Waals surface area contributed by atoms with Gasteiger partial charge in [-0.2, -0.15) is 0 Å². The third-order valence-electron chi connectivity index (χ3n) is 10.2. The van der Waals surface area contributed by atoms with E-state index in [1.165, 1.54) is 32.1 Å². The molecule has 4 aliphatic rings. The summed E-state index contributed by atoms with van der Waals surface area (Å²) >= 11 is 0. The molecular weight excluding hydrogens is 398 g/mol. The van der Waals surface area contributed by atoms with Crippen LogP contribution >= 0.6 is 0 Å². The Morgan fingerprint density at radius 1 is 1.12 bits per heavy atom. The minimum atomic E-state index is -0.206. The first-order valence-corrected chi connectivity index (χ1v) is 13.2. The van der Waals surface area contributed by atoms with Gasteiger partial charge in [0, 0.05) is 24.0 Å². The zero-order chi connectivity index (χ0) is 23.5. The van der Waals surface area contributed by atoms with E-state index >= 15 is 0 Å². The Morgan fingerprint density at radius 2 is 1.84 bits per heavy atom. The summed E-state index contributed by atoms with van der Waals surface area (Å²) in [7, 11) is 0. The molecule has 2 aliphatic heterocycles. The number of nitrogens with one attached hydrogen (secondary N) is 2. The maximum absolute atomic E-state index is 12.4. The van der Waals surface area contributed by atoms with Gasteiger partial charge in [-0.25, -0.2) is 4.79 Å². The van der Waals surface area contributed by atoms with Gasteiger partial charge in [-0.1, -0.05) is 13.8 Å². The lowest BCUT2D eigenvalue weighted by Gasteiger charge is -2.63. The molecule has 2 N–H and O–H groups in total. The number of urea groups is 1. The highest BCUT2D eigenvalue weighted by atomic mass is 16.2. The summed E-state index contributed by atoms with van der Waals surface area (Å²) in [5.41, 5.74) is 0.383. The second kappa shape index (κ2) is 8.29. The van der Waals surface area contributed by atoms with Crippen LogP contribution in [0.2, 0.25) is 0 Å². The molecule has 2 saturated carbocycles. The summed E-state index contributed by atoms with van der Waals surface area (Å²) in [6.07, 6.45) is 8.30. The van der Waals surface area contributed by atoms with Crippen molar-refractivity contribution in [1.82, 2.24) is 15.5 Å². The number of fused-ring (bicyclic) bond motifs is 5. The highest BCUT2D eigenvalue weighted by Gasteiger charge is 2.61. The van der Waals surface area contributed by atoms with Gasteiger partial charge in [-0.3, -0.25) is 9.69 Å². The van der Waals surface area contributed by atoms with E-state index in [1.807, 2.05) is 20.8 Å². The molecule has 0 bridgehead atoms. The van der Waals surface area contributed by atoms with Crippen LogP contribution in [0.15, 0.2) is 0 Å². The van der Waals surface area contributed by atoms with E-state index in [9.17, 15) is 9.59 Å². The van der Waals surface area contributed by atoms with Crippen LogP contribution in [0, 0.1) is 35.0 Å². The highest BCUT2D eigenvalue weighted by molar-refractivity contribution is 5.84. The lowest BCUT2D eigenvalue weighted by Crippen LogP contribution is -2.67. The molecule has 5 nitrogen and oxygen atoms in total. The van der Waals surface area contributed by atoms with Crippen LogP contribution in [0.1, 0.15) is 93.4 Å². The van der Waals surface area contributed by atoms with Gasteiger partial charge in [-0.15, -0.1) is 0 Å². The van der Waals surface area contributed by atoms with Crippen molar-refractivity contribution in [2.75, 3.05) is 13.1 Å². The Labute approximate surface area is 195 Å². The molecule has 4 rings (SSSR count). The van der Waals surface area contributed by atoms with Crippen molar-refractivity contribution in [2.45, 2.75) is 111 Å². The normalized spacial score (nSPS) is 43.1. The molecule has 0 aromatic rings. The summed E-state index contributed by atoms with van der Waals surface area (Å²) < 4.78 is 0. The summed E-state index contributed by atoms with van der Waals surface area (Å²) in [5, 5.41) is 6.18. The van der Waals surface area contributed by atoms with E-state index < -0.39 is 0 Å². The molecule has 8 atom stereocenters. The third kappa shape index (κ3) is 4.01. The molecule has 2 heterocycles. The van der Waals surface area contributed by atoms with E-state index in [0.717, 1.165) is 43.7 Å². The first-order valence-electron chi connectivity index (χ1n) is 13.2. The van der Waals surface area contributed by atoms with Crippen LogP contribution in [0.5, 0.6) is 0 Å². The number of carbonyl (C=O) groups is 2. The standard InChI is InChI=1S/C27H47N3O2/c1-17(16-28-24(32)29-25(3,4)5)20-8-9-21-19-12-15-30-18(2)23(31)11-14-27(30,7)22(19)10-13-26(20,21)6/h17-22H,8-16H2,1-7H3,(H2,28,29,32)/t17?,18?,19-,20+,21-,22-,26+,27+/m0/s1. The molecule has 0 spiro atoms.